The van der Waals surface area contributed by atoms with Crippen molar-refractivity contribution in [2.45, 2.75) is 25.3 Å². The van der Waals surface area contributed by atoms with Crippen LogP contribution in [0.3, 0.4) is 0 Å². The van der Waals surface area contributed by atoms with Crippen LogP contribution in [0.2, 0.25) is 0 Å². The van der Waals surface area contributed by atoms with Crippen LogP contribution in [-0.2, 0) is 17.6 Å². The smallest absolute Gasteiger partial charge is 0.320 e. The molecule has 0 saturated carbocycles. The van der Waals surface area contributed by atoms with E-state index in [4.69, 9.17) is 10.2 Å². The van der Waals surface area contributed by atoms with Gasteiger partial charge in [-0.1, -0.05) is 42.5 Å². The molecule has 8 nitrogen and oxygen atoms in total. The van der Waals surface area contributed by atoms with Crippen molar-refractivity contribution in [1.29, 1.82) is 0 Å². The number of carbonyl (C=O) groups is 2. The highest BCUT2D eigenvalue weighted by Crippen LogP contribution is 2.31. The predicted molar refractivity (Wildman–Crippen MR) is 140 cm³/mol. The Hall–Kier alpha value is -3.95. The van der Waals surface area contributed by atoms with Crippen molar-refractivity contribution < 1.29 is 14.7 Å². The summed E-state index contributed by atoms with van der Waals surface area (Å²) in [6.07, 6.45) is 2.04. The number of thiophene rings is 1. The number of fused-ring (bicyclic) bond motifs is 1. The van der Waals surface area contributed by atoms with E-state index in [0.717, 1.165) is 34.7 Å². The van der Waals surface area contributed by atoms with E-state index in [0.29, 0.717) is 5.82 Å². The van der Waals surface area contributed by atoms with E-state index >= 15 is 0 Å². The Balaban J connectivity index is 1.35. The number of benzene rings is 2. The lowest BCUT2D eigenvalue weighted by Gasteiger charge is -2.15. The summed E-state index contributed by atoms with van der Waals surface area (Å²) >= 11 is 1.58. The van der Waals surface area contributed by atoms with Crippen LogP contribution in [0.5, 0.6) is 0 Å². The van der Waals surface area contributed by atoms with Crippen LogP contribution in [0, 0.1) is 0 Å². The second-order valence-electron chi connectivity index (χ2n) is 8.61. The number of urea groups is 1. The molecule has 1 atom stereocenters. The minimum Gasteiger partial charge on any atom is -0.395 e. The van der Waals surface area contributed by atoms with Crippen molar-refractivity contribution in [3.8, 4) is 16.3 Å². The van der Waals surface area contributed by atoms with Crippen LogP contribution in [0.1, 0.15) is 29.2 Å². The molecule has 4 aromatic rings. The zero-order valence-corrected chi connectivity index (χ0v) is 20.4. The molecule has 5 rings (SSSR count). The quantitative estimate of drug-likeness (QED) is 0.292. The van der Waals surface area contributed by atoms with Crippen molar-refractivity contribution in [3.63, 3.8) is 0 Å². The van der Waals surface area contributed by atoms with Crippen molar-refractivity contribution >= 4 is 29.1 Å². The molecule has 2 aromatic carbocycles. The largest absolute Gasteiger partial charge is 0.395 e. The van der Waals surface area contributed by atoms with Crippen LogP contribution in [0.25, 0.3) is 16.3 Å². The van der Waals surface area contributed by atoms with Crippen LogP contribution < -0.4 is 16.0 Å². The Morgan fingerprint density at radius 3 is 2.69 bits per heavy atom. The zero-order valence-electron chi connectivity index (χ0n) is 19.6. The lowest BCUT2D eigenvalue weighted by Crippen LogP contribution is -2.32. The van der Waals surface area contributed by atoms with Crippen molar-refractivity contribution in [2.75, 3.05) is 18.5 Å². The molecule has 9 heteroatoms. The third kappa shape index (κ3) is 5.32. The van der Waals surface area contributed by atoms with Crippen LogP contribution >= 0.6 is 11.3 Å². The molecule has 0 aliphatic heterocycles. The summed E-state index contributed by atoms with van der Waals surface area (Å²) in [5.74, 6) is 0.402. The number of hydrogen-bond donors (Lipinski definition) is 4. The molecule has 4 N–H and O–H groups in total. The van der Waals surface area contributed by atoms with Crippen molar-refractivity contribution in [1.82, 2.24) is 20.4 Å². The number of aliphatic hydroxyl groups is 1. The van der Waals surface area contributed by atoms with Gasteiger partial charge in [-0.25, -0.2) is 9.48 Å². The van der Waals surface area contributed by atoms with Gasteiger partial charge in [0.25, 0.3) is 0 Å². The van der Waals surface area contributed by atoms with Crippen LogP contribution in [-0.4, -0.2) is 40.0 Å². The lowest BCUT2D eigenvalue weighted by molar-refractivity contribution is -0.120. The summed E-state index contributed by atoms with van der Waals surface area (Å²) < 4.78 is 1.70. The second kappa shape index (κ2) is 10.8. The molecule has 0 radical (unpaired) electrons. The SMILES string of the molecule is O=C(Cc1ccc(-n2nc(-c3cccs3)cc2NC(=O)NC2CCc3ccccc32)cc1)NCCO. The van der Waals surface area contributed by atoms with Crippen LogP contribution in [0.15, 0.2) is 72.1 Å². The summed E-state index contributed by atoms with van der Waals surface area (Å²) in [7, 11) is 0. The van der Waals surface area contributed by atoms with Gasteiger partial charge in [0.1, 0.15) is 11.5 Å². The van der Waals surface area contributed by atoms with Gasteiger partial charge in [-0.2, -0.15) is 5.10 Å². The van der Waals surface area contributed by atoms with Crippen LogP contribution in [0.4, 0.5) is 10.6 Å². The molecular formula is C27H27N5O3S. The van der Waals surface area contributed by atoms with E-state index in [1.807, 2.05) is 60.0 Å². The fourth-order valence-corrected chi connectivity index (χ4v) is 5.11. The Bertz CT molecular complexity index is 1350. The average Bonchev–Trinajstić information content (AvgIpc) is 3.64. The molecule has 0 bridgehead atoms. The highest BCUT2D eigenvalue weighted by atomic mass is 32.1. The van der Waals surface area contributed by atoms with E-state index in [-0.39, 0.29) is 37.6 Å². The molecule has 2 heterocycles. The van der Waals surface area contributed by atoms with E-state index in [1.165, 1.54) is 11.1 Å². The van der Waals surface area contributed by atoms with E-state index < -0.39 is 0 Å². The fraction of sp³-hybridized carbons (Fsp3) is 0.222. The molecule has 0 spiro atoms. The first kappa shape index (κ1) is 23.8. The molecule has 184 valence electrons. The number of aromatic nitrogens is 2. The number of carbonyl (C=O) groups excluding carboxylic acids is 2. The number of hydrogen-bond acceptors (Lipinski definition) is 5. The molecule has 1 unspecified atom stereocenters. The minimum atomic E-state index is -0.284. The zero-order chi connectivity index (χ0) is 24.9. The molecule has 1 aliphatic carbocycles. The number of aryl methyl sites for hydroxylation is 1. The van der Waals surface area contributed by atoms with Gasteiger partial charge < -0.3 is 15.7 Å². The van der Waals surface area contributed by atoms with Gasteiger partial charge in [0, 0.05) is 12.6 Å². The summed E-state index contributed by atoms with van der Waals surface area (Å²) in [5, 5.41) is 24.4. The molecule has 3 amide bonds. The first-order valence-electron chi connectivity index (χ1n) is 11.9. The maximum absolute atomic E-state index is 13.0. The first-order valence-corrected chi connectivity index (χ1v) is 12.7. The fourth-order valence-electron chi connectivity index (χ4n) is 4.43. The van der Waals surface area contributed by atoms with E-state index in [9.17, 15) is 9.59 Å². The van der Waals surface area contributed by atoms with Gasteiger partial charge in [-0.05, 0) is 53.1 Å². The highest BCUT2D eigenvalue weighted by Gasteiger charge is 2.24. The third-order valence-electron chi connectivity index (χ3n) is 6.14. The number of amides is 3. The molecule has 1 aliphatic rings. The number of aliphatic hydroxyl groups excluding tert-OH is 1. The Kier molecular flexibility index (Phi) is 7.11. The molecule has 36 heavy (non-hydrogen) atoms. The first-order chi connectivity index (χ1) is 17.6. The average molecular weight is 502 g/mol. The summed E-state index contributed by atoms with van der Waals surface area (Å²) in [4.78, 5) is 26.0. The van der Waals surface area contributed by atoms with Gasteiger partial charge in [0.15, 0.2) is 0 Å². The topological polar surface area (TPSA) is 108 Å². The Morgan fingerprint density at radius 2 is 1.92 bits per heavy atom. The van der Waals surface area contributed by atoms with Gasteiger partial charge >= 0.3 is 6.03 Å². The molecular weight excluding hydrogens is 474 g/mol. The predicted octanol–water partition coefficient (Wildman–Crippen LogP) is 4.06. The molecule has 0 saturated heterocycles. The standard InChI is InChI=1S/C27H27N5O3S/c33-14-13-28-26(34)16-18-7-10-20(11-8-18)32-25(17-23(31-32)24-6-3-15-36-24)30-27(35)29-22-12-9-19-4-1-2-5-21(19)22/h1-8,10-11,15,17,22,33H,9,12-14,16H2,(H,28,34)(H2,29,30,35). The van der Waals surface area contributed by atoms with E-state index in [2.05, 4.69) is 28.1 Å². The third-order valence-corrected chi connectivity index (χ3v) is 7.03. The highest BCUT2D eigenvalue weighted by molar-refractivity contribution is 7.13. The van der Waals surface area contributed by atoms with Crippen molar-refractivity contribution in [2.24, 2.45) is 0 Å². The monoisotopic (exact) mass is 501 g/mol. The Morgan fingerprint density at radius 1 is 1.08 bits per heavy atom. The summed E-state index contributed by atoms with van der Waals surface area (Å²) in [6.45, 7) is 0.145. The van der Waals surface area contributed by atoms with Gasteiger partial charge in [0.2, 0.25) is 5.91 Å². The summed E-state index contributed by atoms with van der Waals surface area (Å²) in [5.41, 5.74) is 4.81. The maximum atomic E-state index is 13.0. The van der Waals surface area contributed by atoms with E-state index in [1.54, 1.807) is 16.0 Å². The van der Waals surface area contributed by atoms with Gasteiger partial charge in [-0.3, -0.25) is 10.1 Å². The lowest BCUT2D eigenvalue weighted by atomic mass is 10.1. The summed E-state index contributed by atoms with van der Waals surface area (Å²) in [6, 6.07) is 21.2. The van der Waals surface area contributed by atoms with Gasteiger partial charge in [0.05, 0.1) is 29.6 Å². The second-order valence-corrected chi connectivity index (χ2v) is 9.56. The number of nitrogens with one attached hydrogen (secondary N) is 3. The van der Waals surface area contributed by atoms with Gasteiger partial charge in [-0.15, -0.1) is 11.3 Å². The number of nitrogens with zero attached hydrogens (tertiary/aromatic N) is 2. The molecule has 2 aromatic heterocycles. The molecule has 0 fully saturated rings. The maximum Gasteiger partial charge on any atom is 0.320 e. The minimum absolute atomic E-state index is 0.0226. The number of rotatable bonds is 8. The number of anilines is 1. The Labute approximate surface area is 213 Å². The normalized spacial score (nSPS) is 14.3. The van der Waals surface area contributed by atoms with Crippen molar-refractivity contribution in [3.05, 3.63) is 88.8 Å².